The number of carbonyl (C=O) groups excluding carboxylic acids is 1. The summed E-state index contributed by atoms with van der Waals surface area (Å²) >= 11 is 0. The average molecular weight is 365 g/mol. The van der Waals surface area contributed by atoms with E-state index in [2.05, 4.69) is 18.7 Å². The number of hydrogen-bond donors (Lipinski definition) is 0. The first-order valence-electron chi connectivity index (χ1n) is 8.63. The molecule has 144 valence electrons. The quantitative estimate of drug-likeness (QED) is 0.632. The van der Waals surface area contributed by atoms with E-state index >= 15 is 0 Å². The van der Waals surface area contributed by atoms with Crippen molar-refractivity contribution >= 4 is 16.9 Å². The first-order chi connectivity index (χ1) is 12.5. The van der Waals surface area contributed by atoms with E-state index in [1.165, 1.54) is 14.2 Å². The molecule has 2 rings (SSSR count). The Balaban J connectivity index is 2.34. The highest BCUT2D eigenvalue weighted by atomic mass is 16.6. The van der Waals surface area contributed by atoms with E-state index in [1.54, 1.807) is 20.1 Å². The van der Waals surface area contributed by atoms with Crippen LogP contribution in [-0.4, -0.2) is 58.4 Å². The average Bonchev–Trinajstić information content (AvgIpc) is 2.99. The van der Waals surface area contributed by atoms with Crippen molar-refractivity contribution in [1.82, 2.24) is 4.90 Å². The highest BCUT2D eigenvalue weighted by molar-refractivity contribution is 5.99. The van der Waals surface area contributed by atoms with Crippen LogP contribution in [0, 0.1) is 6.92 Å². The van der Waals surface area contributed by atoms with Gasteiger partial charge in [-0.1, -0.05) is 13.8 Å². The van der Waals surface area contributed by atoms with Crippen molar-refractivity contribution in [2.75, 3.05) is 47.6 Å². The lowest BCUT2D eigenvalue weighted by Crippen LogP contribution is -2.27. The standard InChI is InChI=1S/C19H27NO6/c1-7-20(8-2)9-10-25-19(21)15-12(3)13-11-14(22-4)17(23-5)18(24-6)16(13)26-15/h11H,7-10H2,1-6H3. The van der Waals surface area contributed by atoms with Gasteiger partial charge in [-0.2, -0.15) is 0 Å². The molecule has 1 aromatic heterocycles. The van der Waals surface area contributed by atoms with Gasteiger partial charge < -0.3 is 28.3 Å². The van der Waals surface area contributed by atoms with Crippen LogP contribution in [0.5, 0.6) is 17.2 Å². The molecule has 0 radical (unpaired) electrons. The summed E-state index contributed by atoms with van der Waals surface area (Å²) in [5, 5.41) is 0.718. The Kier molecular flexibility index (Phi) is 6.74. The molecule has 7 nitrogen and oxygen atoms in total. The van der Waals surface area contributed by atoms with Crippen molar-refractivity contribution in [3.63, 3.8) is 0 Å². The van der Waals surface area contributed by atoms with Gasteiger partial charge in [0.05, 0.1) is 21.3 Å². The normalized spacial score (nSPS) is 11.0. The fourth-order valence-electron chi connectivity index (χ4n) is 2.88. The van der Waals surface area contributed by atoms with E-state index in [4.69, 9.17) is 23.4 Å². The van der Waals surface area contributed by atoms with Crippen molar-refractivity contribution in [1.29, 1.82) is 0 Å². The number of rotatable bonds is 9. The summed E-state index contributed by atoms with van der Waals surface area (Å²) in [6, 6.07) is 1.77. The number of esters is 1. The second-order valence-electron chi connectivity index (χ2n) is 5.74. The highest BCUT2D eigenvalue weighted by Crippen LogP contribution is 2.45. The summed E-state index contributed by atoms with van der Waals surface area (Å²) in [4.78, 5) is 14.6. The van der Waals surface area contributed by atoms with Gasteiger partial charge >= 0.3 is 5.97 Å². The lowest BCUT2D eigenvalue weighted by molar-refractivity contribution is 0.0432. The number of ether oxygens (including phenoxy) is 4. The van der Waals surface area contributed by atoms with Crippen LogP contribution in [0.25, 0.3) is 11.0 Å². The predicted octanol–water partition coefficient (Wildman–Crippen LogP) is 3.27. The molecule has 0 aliphatic heterocycles. The van der Waals surface area contributed by atoms with E-state index in [1.807, 2.05) is 0 Å². The Morgan fingerprint density at radius 2 is 1.73 bits per heavy atom. The number of aryl methyl sites for hydroxylation is 1. The Morgan fingerprint density at radius 3 is 2.27 bits per heavy atom. The molecule has 0 fully saturated rings. The minimum absolute atomic E-state index is 0.160. The van der Waals surface area contributed by atoms with Crippen LogP contribution in [0.3, 0.4) is 0 Å². The molecule has 0 saturated carbocycles. The maximum atomic E-state index is 12.5. The molecule has 0 amide bonds. The topological polar surface area (TPSA) is 70.4 Å². The Hall–Kier alpha value is -2.41. The number of methoxy groups -OCH3 is 3. The van der Waals surface area contributed by atoms with Gasteiger partial charge in [0.2, 0.25) is 17.3 Å². The molecule has 0 atom stereocenters. The molecule has 1 aromatic carbocycles. The van der Waals surface area contributed by atoms with E-state index < -0.39 is 5.97 Å². The van der Waals surface area contributed by atoms with Crippen molar-refractivity contribution < 1.29 is 28.2 Å². The van der Waals surface area contributed by atoms with Gasteiger partial charge in [0.15, 0.2) is 11.3 Å². The molecule has 0 spiro atoms. The molecule has 0 unspecified atom stereocenters. The van der Waals surface area contributed by atoms with Crippen LogP contribution < -0.4 is 14.2 Å². The van der Waals surface area contributed by atoms with Crippen molar-refractivity contribution in [2.24, 2.45) is 0 Å². The summed E-state index contributed by atoms with van der Waals surface area (Å²) in [5.41, 5.74) is 1.10. The van der Waals surface area contributed by atoms with Gasteiger partial charge in [-0.3, -0.25) is 0 Å². The van der Waals surface area contributed by atoms with Crippen molar-refractivity contribution in [2.45, 2.75) is 20.8 Å². The third kappa shape index (κ3) is 3.72. The number of nitrogens with zero attached hydrogens (tertiary/aromatic N) is 1. The largest absolute Gasteiger partial charge is 0.493 e. The van der Waals surface area contributed by atoms with Gasteiger partial charge in [0, 0.05) is 17.5 Å². The highest BCUT2D eigenvalue weighted by Gasteiger charge is 2.26. The summed E-state index contributed by atoms with van der Waals surface area (Å²) in [5.74, 6) is 0.964. The number of benzene rings is 1. The molecule has 0 aliphatic rings. The third-order valence-corrected chi connectivity index (χ3v) is 4.45. The second kappa shape index (κ2) is 8.80. The molecule has 0 saturated heterocycles. The number of carbonyl (C=O) groups is 1. The fourth-order valence-corrected chi connectivity index (χ4v) is 2.88. The molecule has 0 bridgehead atoms. The monoisotopic (exact) mass is 365 g/mol. The molecule has 0 aliphatic carbocycles. The summed E-state index contributed by atoms with van der Waals surface area (Å²) in [6.07, 6.45) is 0. The Bertz CT molecular complexity index is 763. The number of furan rings is 1. The first kappa shape index (κ1) is 19.9. The summed E-state index contributed by atoms with van der Waals surface area (Å²) < 4.78 is 27.3. The smallest absolute Gasteiger partial charge is 0.374 e. The molecular formula is C19H27NO6. The molecule has 0 N–H and O–H groups in total. The van der Waals surface area contributed by atoms with E-state index in [-0.39, 0.29) is 5.76 Å². The summed E-state index contributed by atoms with van der Waals surface area (Å²) in [7, 11) is 4.57. The minimum atomic E-state index is -0.495. The third-order valence-electron chi connectivity index (χ3n) is 4.45. The van der Waals surface area contributed by atoms with Crippen LogP contribution >= 0.6 is 0 Å². The number of fused-ring (bicyclic) bond motifs is 1. The van der Waals surface area contributed by atoms with Crippen molar-refractivity contribution in [3.05, 3.63) is 17.4 Å². The Morgan fingerprint density at radius 1 is 1.08 bits per heavy atom. The number of hydrogen-bond acceptors (Lipinski definition) is 7. The van der Waals surface area contributed by atoms with Gasteiger partial charge in [0.1, 0.15) is 6.61 Å². The van der Waals surface area contributed by atoms with Gasteiger partial charge in [-0.05, 0) is 26.1 Å². The fraction of sp³-hybridized carbons (Fsp3) is 0.526. The molecule has 7 heteroatoms. The van der Waals surface area contributed by atoms with Crippen LogP contribution in [0.1, 0.15) is 30.0 Å². The van der Waals surface area contributed by atoms with E-state index in [0.29, 0.717) is 41.5 Å². The van der Waals surface area contributed by atoms with Crippen molar-refractivity contribution in [3.8, 4) is 17.2 Å². The first-order valence-corrected chi connectivity index (χ1v) is 8.63. The number of likely N-dealkylation sites (N-methyl/N-ethyl adjacent to an activating group) is 1. The molecule has 26 heavy (non-hydrogen) atoms. The van der Waals surface area contributed by atoms with Crippen LogP contribution in [-0.2, 0) is 4.74 Å². The van der Waals surface area contributed by atoms with E-state index in [9.17, 15) is 4.79 Å². The molecule has 1 heterocycles. The van der Waals surface area contributed by atoms with Crippen LogP contribution in [0.15, 0.2) is 10.5 Å². The lowest BCUT2D eigenvalue weighted by Gasteiger charge is -2.17. The second-order valence-corrected chi connectivity index (χ2v) is 5.74. The molecule has 2 aromatic rings. The van der Waals surface area contributed by atoms with Gasteiger partial charge in [-0.15, -0.1) is 0 Å². The zero-order valence-electron chi connectivity index (χ0n) is 16.3. The van der Waals surface area contributed by atoms with Gasteiger partial charge in [-0.25, -0.2) is 4.79 Å². The SMILES string of the molecule is CCN(CC)CCOC(=O)c1oc2c(OC)c(OC)c(OC)cc2c1C. The van der Waals surface area contributed by atoms with Crippen LogP contribution in [0.2, 0.25) is 0 Å². The van der Waals surface area contributed by atoms with E-state index in [0.717, 1.165) is 18.5 Å². The van der Waals surface area contributed by atoms with Gasteiger partial charge in [0.25, 0.3) is 0 Å². The predicted molar refractivity (Wildman–Crippen MR) is 98.7 cm³/mol. The Labute approximate surface area is 153 Å². The minimum Gasteiger partial charge on any atom is -0.493 e. The lowest BCUT2D eigenvalue weighted by atomic mass is 10.1. The maximum Gasteiger partial charge on any atom is 0.374 e. The molecular weight excluding hydrogens is 338 g/mol. The zero-order valence-corrected chi connectivity index (χ0v) is 16.3. The van der Waals surface area contributed by atoms with Crippen LogP contribution in [0.4, 0.5) is 0 Å². The zero-order chi connectivity index (χ0) is 19.3. The maximum absolute atomic E-state index is 12.5. The summed E-state index contributed by atoms with van der Waals surface area (Å²) in [6.45, 7) is 8.76.